The molecule has 5 nitrogen and oxygen atoms in total. The standard InChI is InChI=1S/C10H16N4OS/c1-8(15)13-2-4-14(5-3-13)10-12-7-9(6-11)16-10/h7H,2-6,11H2,1H3. The SMILES string of the molecule is CC(=O)N1CCN(c2ncc(CN)s2)CC1. The number of hydrogen-bond donors (Lipinski definition) is 1. The third-order valence-corrected chi connectivity index (χ3v) is 3.82. The van der Waals surface area contributed by atoms with Gasteiger partial charge in [0.15, 0.2) is 5.13 Å². The Balaban J connectivity index is 1.96. The van der Waals surface area contributed by atoms with Crippen LogP contribution in [0.4, 0.5) is 5.13 Å². The molecule has 88 valence electrons. The van der Waals surface area contributed by atoms with Gasteiger partial charge in [-0.15, -0.1) is 11.3 Å². The summed E-state index contributed by atoms with van der Waals surface area (Å²) in [5.41, 5.74) is 5.55. The number of piperazine rings is 1. The Bertz CT molecular complexity index is 371. The van der Waals surface area contributed by atoms with Crippen molar-refractivity contribution in [2.45, 2.75) is 13.5 Å². The third-order valence-electron chi connectivity index (χ3n) is 2.74. The largest absolute Gasteiger partial charge is 0.345 e. The number of nitrogens with zero attached hydrogens (tertiary/aromatic N) is 3. The molecule has 2 heterocycles. The number of thiazole rings is 1. The maximum atomic E-state index is 11.2. The van der Waals surface area contributed by atoms with Gasteiger partial charge in [-0.2, -0.15) is 0 Å². The molecule has 6 heteroatoms. The summed E-state index contributed by atoms with van der Waals surface area (Å²) in [6, 6.07) is 0. The van der Waals surface area contributed by atoms with E-state index in [1.54, 1.807) is 18.3 Å². The highest BCUT2D eigenvalue weighted by atomic mass is 32.1. The molecule has 1 fully saturated rings. The van der Waals surface area contributed by atoms with Crippen LogP contribution < -0.4 is 10.6 Å². The number of aromatic nitrogens is 1. The van der Waals surface area contributed by atoms with Gasteiger partial charge in [0.1, 0.15) is 0 Å². The van der Waals surface area contributed by atoms with Gasteiger partial charge in [-0.3, -0.25) is 4.79 Å². The van der Waals surface area contributed by atoms with Crippen molar-refractivity contribution in [3.8, 4) is 0 Å². The second-order valence-corrected chi connectivity index (χ2v) is 4.90. The van der Waals surface area contributed by atoms with Crippen molar-refractivity contribution in [3.05, 3.63) is 11.1 Å². The van der Waals surface area contributed by atoms with Crippen LogP contribution in [0.3, 0.4) is 0 Å². The van der Waals surface area contributed by atoms with Crippen molar-refractivity contribution in [1.29, 1.82) is 0 Å². The van der Waals surface area contributed by atoms with E-state index in [2.05, 4.69) is 9.88 Å². The molecular formula is C10H16N4OS. The Morgan fingerprint density at radius 3 is 2.69 bits per heavy atom. The van der Waals surface area contributed by atoms with Crippen molar-refractivity contribution >= 4 is 22.4 Å². The molecule has 1 aromatic heterocycles. The summed E-state index contributed by atoms with van der Waals surface area (Å²) in [5.74, 6) is 0.154. The maximum absolute atomic E-state index is 11.2. The monoisotopic (exact) mass is 240 g/mol. The molecule has 0 aliphatic carbocycles. The normalized spacial score (nSPS) is 16.6. The topological polar surface area (TPSA) is 62.5 Å². The van der Waals surface area contributed by atoms with Crippen LogP contribution in [0.5, 0.6) is 0 Å². The lowest BCUT2D eigenvalue weighted by atomic mass is 10.3. The summed E-state index contributed by atoms with van der Waals surface area (Å²) in [4.78, 5) is 20.7. The first-order valence-corrected chi connectivity index (χ1v) is 6.17. The van der Waals surface area contributed by atoms with E-state index < -0.39 is 0 Å². The molecule has 0 atom stereocenters. The number of carbonyl (C=O) groups excluding carboxylic acids is 1. The van der Waals surface area contributed by atoms with Crippen molar-refractivity contribution in [3.63, 3.8) is 0 Å². The Kier molecular flexibility index (Phi) is 3.40. The van der Waals surface area contributed by atoms with E-state index in [9.17, 15) is 4.79 Å². The smallest absolute Gasteiger partial charge is 0.219 e. The van der Waals surface area contributed by atoms with Crippen molar-refractivity contribution in [1.82, 2.24) is 9.88 Å². The first-order chi connectivity index (χ1) is 7.70. The van der Waals surface area contributed by atoms with Gasteiger partial charge in [-0.05, 0) is 0 Å². The molecule has 0 aromatic carbocycles. The van der Waals surface area contributed by atoms with Crippen LogP contribution in [0, 0.1) is 0 Å². The Morgan fingerprint density at radius 2 is 2.19 bits per heavy atom. The highest BCUT2D eigenvalue weighted by Crippen LogP contribution is 2.23. The van der Waals surface area contributed by atoms with Crippen LogP contribution in [0.1, 0.15) is 11.8 Å². The summed E-state index contributed by atoms with van der Waals surface area (Å²) in [5, 5.41) is 1.02. The molecule has 0 spiro atoms. The summed E-state index contributed by atoms with van der Waals surface area (Å²) >= 11 is 1.64. The minimum Gasteiger partial charge on any atom is -0.345 e. The zero-order valence-corrected chi connectivity index (χ0v) is 10.2. The van der Waals surface area contributed by atoms with Crippen LogP contribution >= 0.6 is 11.3 Å². The van der Waals surface area contributed by atoms with Crippen LogP contribution in [-0.4, -0.2) is 42.0 Å². The van der Waals surface area contributed by atoms with E-state index in [1.807, 2.05) is 11.1 Å². The van der Waals surface area contributed by atoms with Crippen molar-refractivity contribution in [2.75, 3.05) is 31.1 Å². The van der Waals surface area contributed by atoms with E-state index in [0.29, 0.717) is 6.54 Å². The van der Waals surface area contributed by atoms with Gasteiger partial charge in [-0.25, -0.2) is 4.98 Å². The predicted molar refractivity (Wildman–Crippen MR) is 64.5 cm³/mol. The first kappa shape index (κ1) is 11.3. The fourth-order valence-corrected chi connectivity index (χ4v) is 2.59. The lowest BCUT2D eigenvalue weighted by Crippen LogP contribution is -2.48. The summed E-state index contributed by atoms with van der Waals surface area (Å²) in [6.45, 7) is 5.45. The van der Waals surface area contributed by atoms with E-state index in [1.165, 1.54) is 0 Å². The van der Waals surface area contributed by atoms with Gasteiger partial charge >= 0.3 is 0 Å². The lowest BCUT2D eigenvalue weighted by molar-refractivity contribution is -0.129. The van der Waals surface area contributed by atoms with E-state index in [0.717, 1.165) is 36.2 Å². The molecule has 2 N–H and O–H groups in total. The molecule has 1 aliphatic rings. The molecule has 1 aromatic rings. The van der Waals surface area contributed by atoms with Crippen LogP contribution in [0.25, 0.3) is 0 Å². The fraction of sp³-hybridized carbons (Fsp3) is 0.600. The van der Waals surface area contributed by atoms with Crippen molar-refractivity contribution in [2.24, 2.45) is 5.73 Å². The van der Waals surface area contributed by atoms with Gasteiger partial charge in [0.2, 0.25) is 5.91 Å². The number of hydrogen-bond acceptors (Lipinski definition) is 5. The quantitative estimate of drug-likeness (QED) is 0.806. The van der Waals surface area contributed by atoms with Crippen LogP contribution in [-0.2, 0) is 11.3 Å². The first-order valence-electron chi connectivity index (χ1n) is 5.36. The fourth-order valence-electron chi connectivity index (χ4n) is 1.75. The number of anilines is 1. The molecule has 0 saturated carbocycles. The Hall–Kier alpha value is -1.14. The highest BCUT2D eigenvalue weighted by Gasteiger charge is 2.20. The molecule has 0 unspecified atom stereocenters. The zero-order chi connectivity index (χ0) is 11.5. The Morgan fingerprint density at radius 1 is 1.50 bits per heavy atom. The summed E-state index contributed by atoms with van der Waals surface area (Å²) in [6.07, 6.45) is 1.83. The van der Waals surface area contributed by atoms with E-state index in [4.69, 9.17) is 5.73 Å². The number of rotatable bonds is 2. The minimum atomic E-state index is 0.154. The highest BCUT2D eigenvalue weighted by molar-refractivity contribution is 7.15. The molecular weight excluding hydrogens is 224 g/mol. The molecule has 2 rings (SSSR count). The van der Waals surface area contributed by atoms with Gasteiger partial charge < -0.3 is 15.5 Å². The minimum absolute atomic E-state index is 0.154. The van der Waals surface area contributed by atoms with Gasteiger partial charge in [-0.1, -0.05) is 0 Å². The molecule has 1 aliphatic heterocycles. The number of amides is 1. The van der Waals surface area contributed by atoms with Crippen LogP contribution in [0.2, 0.25) is 0 Å². The van der Waals surface area contributed by atoms with E-state index in [-0.39, 0.29) is 5.91 Å². The third kappa shape index (κ3) is 2.33. The van der Waals surface area contributed by atoms with Gasteiger partial charge in [0.25, 0.3) is 0 Å². The zero-order valence-electron chi connectivity index (χ0n) is 9.35. The lowest BCUT2D eigenvalue weighted by Gasteiger charge is -2.33. The van der Waals surface area contributed by atoms with Gasteiger partial charge in [0.05, 0.1) is 0 Å². The molecule has 1 saturated heterocycles. The van der Waals surface area contributed by atoms with Gasteiger partial charge in [0, 0.05) is 50.7 Å². The average Bonchev–Trinajstić information content (AvgIpc) is 2.77. The second kappa shape index (κ2) is 4.80. The predicted octanol–water partition coefficient (Wildman–Crippen LogP) is 0.270. The Labute approximate surface area is 98.9 Å². The summed E-state index contributed by atoms with van der Waals surface area (Å²) < 4.78 is 0. The van der Waals surface area contributed by atoms with E-state index >= 15 is 0 Å². The number of carbonyl (C=O) groups is 1. The number of nitrogens with two attached hydrogens (primary N) is 1. The molecule has 0 radical (unpaired) electrons. The second-order valence-electron chi connectivity index (χ2n) is 3.81. The average molecular weight is 240 g/mol. The molecule has 16 heavy (non-hydrogen) atoms. The maximum Gasteiger partial charge on any atom is 0.219 e. The summed E-state index contributed by atoms with van der Waals surface area (Å²) in [7, 11) is 0. The van der Waals surface area contributed by atoms with Crippen molar-refractivity contribution < 1.29 is 4.79 Å². The molecule has 1 amide bonds. The molecule has 0 bridgehead atoms. The van der Waals surface area contributed by atoms with Crippen LogP contribution in [0.15, 0.2) is 6.20 Å².